The van der Waals surface area contributed by atoms with E-state index < -0.39 is 0 Å². The molecule has 7 atom stereocenters. The summed E-state index contributed by atoms with van der Waals surface area (Å²) in [5.41, 5.74) is 5.44. The Balaban J connectivity index is 1.69. The van der Waals surface area contributed by atoms with Crippen molar-refractivity contribution in [2.45, 2.75) is 76.5 Å². The number of fused-ring (bicyclic) bond motifs is 2. The van der Waals surface area contributed by atoms with E-state index in [0.717, 1.165) is 50.1 Å². The maximum Gasteiger partial charge on any atom is 0.191 e. The fourth-order valence-electron chi connectivity index (χ4n) is 7.93. The van der Waals surface area contributed by atoms with Crippen LogP contribution in [0.3, 0.4) is 0 Å². The molecule has 1 aromatic carbocycles. The number of hydrogen-bond donors (Lipinski definition) is 0. The largest absolute Gasteiger partial charge is 0.493 e. The van der Waals surface area contributed by atoms with Crippen LogP contribution in [-0.2, 0) is 23.1 Å². The van der Waals surface area contributed by atoms with Gasteiger partial charge in [-0.2, -0.15) is 0 Å². The molecule has 3 aliphatic heterocycles. The Kier molecular flexibility index (Phi) is 3.09. The number of rotatable bonds is 4. The van der Waals surface area contributed by atoms with E-state index in [1.54, 1.807) is 7.11 Å². The molecular formula is C23H29NO3. The first-order chi connectivity index (χ1) is 13.1. The Labute approximate surface area is 161 Å². The Bertz CT molecular complexity index is 877. The molecule has 6 rings (SSSR count). The first-order valence-electron chi connectivity index (χ1n) is 10.8. The molecule has 2 aliphatic carbocycles. The third-order valence-corrected chi connectivity index (χ3v) is 8.67. The average molecular weight is 367 g/mol. The van der Waals surface area contributed by atoms with E-state index in [2.05, 4.69) is 25.7 Å². The highest BCUT2D eigenvalue weighted by Crippen LogP contribution is 2.69. The van der Waals surface area contributed by atoms with E-state index in [1.165, 1.54) is 22.3 Å². The average Bonchev–Trinajstić information content (AvgIpc) is 3.05. The fourth-order valence-corrected chi connectivity index (χ4v) is 7.93. The van der Waals surface area contributed by atoms with E-state index in [1.807, 2.05) is 0 Å². The van der Waals surface area contributed by atoms with Gasteiger partial charge in [0, 0.05) is 29.1 Å². The van der Waals surface area contributed by atoms with E-state index in [-0.39, 0.29) is 17.6 Å². The first kappa shape index (κ1) is 16.4. The second-order valence-corrected chi connectivity index (χ2v) is 9.31. The van der Waals surface area contributed by atoms with Crippen molar-refractivity contribution < 1.29 is 14.3 Å². The smallest absolute Gasteiger partial charge is 0.191 e. The summed E-state index contributed by atoms with van der Waals surface area (Å²) in [5, 5.41) is 0. The van der Waals surface area contributed by atoms with Crippen molar-refractivity contribution in [3.8, 4) is 11.5 Å². The Morgan fingerprint density at radius 1 is 1.33 bits per heavy atom. The molecule has 0 radical (unpaired) electrons. The van der Waals surface area contributed by atoms with Gasteiger partial charge in [0.15, 0.2) is 23.4 Å². The van der Waals surface area contributed by atoms with Crippen LogP contribution in [0.5, 0.6) is 11.5 Å². The number of carbonyl (C=O) groups is 1. The maximum atomic E-state index is 13.6. The van der Waals surface area contributed by atoms with Gasteiger partial charge in [-0.05, 0) is 49.1 Å². The van der Waals surface area contributed by atoms with Gasteiger partial charge in [0.05, 0.1) is 13.2 Å². The predicted molar refractivity (Wildman–Crippen MR) is 103 cm³/mol. The minimum atomic E-state index is -0.287. The van der Waals surface area contributed by atoms with Gasteiger partial charge in [0.1, 0.15) is 0 Å². The molecule has 1 saturated carbocycles. The van der Waals surface area contributed by atoms with E-state index >= 15 is 0 Å². The zero-order valence-corrected chi connectivity index (χ0v) is 16.8. The fraction of sp³-hybridized carbons (Fsp3) is 0.696. The SMILES string of the molecule is CCCc1c(C)c2c3c(c1OC)O[C@H]1C(=O)C4[C@@H](CC)[C@H]5[C@@H](C2)N4CC[C@@]351. The molecular weight excluding hydrogens is 338 g/mol. The summed E-state index contributed by atoms with van der Waals surface area (Å²) in [7, 11) is 1.76. The lowest BCUT2D eigenvalue weighted by molar-refractivity contribution is -0.135. The zero-order valence-electron chi connectivity index (χ0n) is 16.8. The normalized spacial score (nSPS) is 41.9. The number of carbonyl (C=O) groups excluding carboxylic acids is 1. The van der Waals surface area contributed by atoms with Gasteiger partial charge in [0.2, 0.25) is 0 Å². The van der Waals surface area contributed by atoms with Gasteiger partial charge in [-0.15, -0.1) is 0 Å². The van der Waals surface area contributed by atoms with Crippen molar-refractivity contribution >= 4 is 5.78 Å². The molecule has 27 heavy (non-hydrogen) atoms. The van der Waals surface area contributed by atoms with Crippen molar-refractivity contribution in [2.75, 3.05) is 13.7 Å². The van der Waals surface area contributed by atoms with Crippen LogP contribution >= 0.6 is 0 Å². The highest BCUT2D eigenvalue weighted by molar-refractivity contribution is 5.95. The van der Waals surface area contributed by atoms with Crippen LogP contribution in [0, 0.1) is 18.8 Å². The predicted octanol–water partition coefficient (Wildman–Crippen LogP) is 3.19. The molecule has 1 aromatic rings. The third kappa shape index (κ3) is 1.54. The molecule has 4 heteroatoms. The minimum Gasteiger partial charge on any atom is -0.493 e. The zero-order chi connectivity index (χ0) is 18.7. The molecule has 4 nitrogen and oxygen atoms in total. The number of methoxy groups -OCH3 is 1. The van der Waals surface area contributed by atoms with E-state index in [4.69, 9.17) is 9.47 Å². The van der Waals surface area contributed by atoms with Crippen molar-refractivity contribution in [3.63, 3.8) is 0 Å². The quantitative estimate of drug-likeness (QED) is 0.819. The lowest BCUT2D eigenvalue weighted by Crippen LogP contribution is -2.61. The van der Waals surface area contributed by atoms with Gasteiger partial charge < -0.3 is 9.47 Å². The molecule has 3 heterocycles. The number of Topliss-reactive ketones (excluding diaryl/α,β-unsaturated/α-hetero) is 1. The molecule has 5 bridgehead atoms. The number of ketones is 1. The molecule has 0 amide bonds. The van der Waals surface area contributed by atoms with Crippen molar-refractivity contribution in [1.29, 1.82) is 0 Å². The van der Waals surface area contributed by atoms with Crippen LogP contribution in [-0.4, -0.2) is 42.5 Å². The molecule has 1 spiro atoms. The lowest BCUT2D eigenvalue weighted by Gasteiger charge is -2.52. The molecule has 144 valence electrons. The van der Waals surface area contributed by atoms with Gasteiger partial charge >= 0.3 is 0 Å². The highest BCUT2D eigenvalue weighted by atomic mass is 16.5. The number of benzene rings is 1. The highest BCUT2D eigenvalue weighted by Gasteiger charge is 2.75. The summed E-state index contributed by atoms with van der Waals surface area (Å²) in [5.74, 6) is 3.24. The van der Waals surface area contributed by atoms with Crippen LogP contribution < -0.4 is 9.47 Å². The first-order valence-corrected chi connectivity index (χ1v) is 10.8. The van der Waals surface area contributed by atoms with Crippen LogP contribution in [0.1, 0.15) is 55.4 Å². The number of piperidine rings is 1. The monoisotopic (exact) mass is 367 g/mol. The summed E-state index contributed by atoms with van der Waals surface area (Å²) in [6, 6.07) is 0.599. The topological polar surface area (TPSA) is 38.8 Å². The molecule has 3 fully saturated rings. The molecule has 2 unspecified atom stereocenters. The van der Waals surface area contributed by atoms with Gasteiger partial charge in [-0.1, -0.05) is 26.7 Å². The van der Waals surface area contributed by atoms with E-state index in [0.29, 0.717) is 23.7 Å². The number of ether oxygens (including phenoxy) is 2. The Hall–Kier alpha value is -1.55. The Morgan fingerprint density at radius 2 is 2.15 bits per heavy atom. The van der Waals surface area contributed by atoms with Crippen molar-refractivity contribution in [1.82, 2.24) is 4.90 Å². The summed E-state index contributed by atoms with van der Waals surface area (Å²) in [4.78, 5) is 16.2. The van der Waals surface area contributed by atoms with Crippen LogP contribution in [0.2, 0.25) is 0 Å². The standard InChI is InChI=1S/C23H29NO3/c1-5-7-13-11(3)14-10-15-16-12(6-2)18-19(25)22-23(16,8-9-24(15)18)17(14)21(27-22)20(13)26-4/h12,15-16,18,22H,5-10H2,1-4H3/t12-,15+,16-,18?,22-,23-/m0/s1. The van der Waals surface area contributed by atoms with E-state index in [9.17, 15) is 4.79 Å². The number of hydrogen-bond acceptors (Lipinski definition) is 4. The third-order valence-electron chi connectivity index (χ3n) is 8.67. The lowest BCUT2D eigenvalue weighted by atomic mass is 9.51. The van der Waals surface area contributed by atoms with Crippen LogP contribution in [0.4, 0.5) is 0 Å². The molecule has 0 aromatic heterocycles. The minimum absolute atomic E-state index is 0.0791. The number of nitrogens with zero attached hydrogens (tertiary/aromatic N) is 1. The van der Waals surface area contributed by atoms with Gasteiger partial charge in [0.25, 0.3) is 0 Å². The summed E-state index contributed by atoms with van der Waals surface area (Å²) < 4.78 is 12.5. The van der Waals surface area contributed by atoms with Gasteiger partial charge in [-0.25, -0.2) is 0 Å². The summed E-state index contributed by atoms with van der Waals surface area (Å²) >= 11 is 0. The molecule has 0 N–H and O–H groups in total. The Morgan fingerprint density at radius 3 is 2.85 bits per heavy atom. The van der Waals surface area contributed by atoms with Crippen molar-refractivity contribution in [3.05, 3.63) is 22.3 Å². The second-order valence-electron chi connectivity index (χ2n) is 9.31. The maximum absolute atomic E-state index is 13.6. The second kappa shape index (κ2) is 5.08. The summed E-state index contributed by atoms with van der Waals surface area (Å²) in [6.45, 7) is 7.81. The molecule has 5 aliphatic rings. The van der Waals surface area contributed by atoms with Gasteiger partial charge in [-0.3, -0.25) is 9.69 Å². The van der Waals surface area contributed by atoms with Crippen LogP contribution in [0.15, 0.2) is 0 Å². The van der Waals surface area contributed by atoms with Crippen LogP contribution in [0.25, 0.3) is 0 Å². The van der Waals surface area contributed by atoms with Crippen molar-refractivity contribution in [2.24, 2.45) is 11.8 Å². The summed E-state index contributed by atoms with van der Waals surface area (Å²) in [6.07, 6.45) is 5.04. The molecule has 2 saturated heterocycles.